The van der Waals surface area contributed by atoms with Crippen LogP contribution >= 0.6 is 15.9 Å². The Labute approximate surface area is 104 Å². The highest BCUT2D eigenvalue weighted by molar-refractivity contribution is 9.10. The molecule has 5 heteroatoms. The van der Waals surface area contributed by atoms with Gasteiger partial charge in [-0.25, -0.2) is 0 Å². The Morgan fingerprint density at radius 3 is 2.88 bits per heavy atom. The van der Waals surface area contributed by atoms with E-state index >= 15 is 0 Å². The molecule has 0 spiro atoms. The van der Waals surface area contributed by atoms with Gasteiger partial charge in [-0.1, -0.05) is 18.1 Å². The summed E-state index contributed by atoms with van der Waals surface area (Å²) in [6, 6.07) is 6.07. The van der Waals surface area contributed by atoms with Crippen LogP contribution in [0.1, 0.15) is 12.5 Å². The fraction of sp³-hybridized carbons (Fsp3) is 0.364. The Hall–Kier alpha value is -1.23. The lowest BCUT2D eigenvalue weighted by molar-refractivity contribution is 0.315. The minimum atomic E-state index is -0.0156. The maximum Gasteiger partial charge on any atom is 0.143 e. The lowest BCUT2D eigenvalue weighted by Crippen LogP contribution is -2.27. The van der Waals surface area contributed by atoms with Gasteiger partial charge < -0.3 is 16.3 Å². The van der Waals surface area contributed by atoms with E-state index in [4.69, 9.17) is 10.9 Å². The van der Waals surface area contributed by atoms with Gasteiger partial charge in [0.15, 0.2) is 0 Å². The highest BCUT2D eigenvalue weighted by atomic mass is 79.9. The Morgan fingerprint density at radius 1 is 1.62 bits per heavy atom. The van der Waals surface area contributed by atoms with Gasteiger partial charge in [0.2, 0.25) is 0 Å². The highest BCUT2D eigenvalue weighted by Crippen LogP contribution is 2.23. The second kappa shape index (κ2) is 5.75. The molecule has 0 fully saturated rings. The van der Waals surface area contributed by atoms with Crippen molar-refractivity contribution in [3.05, 3.63) is 28.2 Å². The van der Waals surface area contributed by atoms with E-state index in [1.165, 1.54) is 5.56 Å². The third-order valence-electron chi connectivity index (χ3n) is 2.34. The molecule has 88 valence electrons. The van der Waals surface area contributed by atoms with Crippen LogP contribution in [0.15, 0.2) is 27.8 Å². The summed E-state index contributed by atoms with van der Waals surface area (Å²) in [5.74, 6) is 0.217. The van der Waals surface area contributed by atoms with E-state index in [0.29, 0.717) is 6.54 Å². The highest BCUT2D eigenvalue weighted by Gasteiger charge is 2.08. The van der Waals surface area contributed by atoms with Crippen molar-refractivity contribution < 1.29 is 5.21 Å². The zero-order valence-corrected chi connectivity index (χ0v) is 11.0. The smallest absolute Gasteiger partial charge is 0.143 e. The molecule has 0 aromatic heterocycles. The molecule has 0 aliphatic carbocycles. The zero-order chi connectivity index (χ0) is 12.1. The van der Waals surface area contributed by atoms with E-state index in [0.717, 1.165) is 10.2 Å². The lowest BCUT2D eigenvalue weighted by atomic mass is 10.1. The molecule has 1 aromatic carbocycles. The number of amidine groups is 1. The third-order valence-corrected chi connectivity index (χ3v) is 3.00. The van der Waals surface area contributed by atoms with Crippen LogP contribution in [0, 0.1) is 12.8 Å². The van der Waals surface area contributed by atoms with Gasteiger partial charge in [-0.15, -0.1) is 0 Å². The summed E-state index contributed by atoms with van der Waals surface area (Å²) in [4.78, 5) is 0. The first-order valence-electron chi connectivity index (χ1n) is 5.02. The van der Waals surface area contributed by atoms with E-state index in [1.54, 1.807) is 0 Å². The van der Waals surface area contributed by atoms with Crippen molar-refractivity contribution in [2.24, 2.45) is 16.8 Å². The summed E-state index contributed by atoms with van der Waals surface area (Å²) in [6.45, 7) is 4.55. The van der Waals surface area contributed by atoms with E-state index in [1.807, 2.05) is 32.0 Å². The quantitative estimate of drug-likeness (QED) is 0.345. The van der Waals surface area contributed by atoms with Crippen LogP contribution in [-0.4, -0.2) is 17.6 Å². The number of rotatable bonds is 4. The molecule has 0 aliphatic heterocycles. The molecule has 0 radical (unpaired) electrons. The van der Waals surface area contributed by atoms with Crippen molar-refractivity contribution in [1.82, 2.24) is 0 Å². The van der Waals surface area contributed by atoms with Gasteiger partial charge in [0.1, 0.15) is 5.84 Å². The second-order valence-corrected chi connectivity index (χ2v) is 4.64. The molecular weight excluding hydrogens is 270 g/mol. The van der Waals surface area contributed by atoms with Crippen LogP contribution in [0.25, 0.3) is 0 Å². The largest absolute Gasteiger partial charge is 0.409 e. The number of hydrogen-bond donors (Lipinski definition) is 3. The molecule has 1 unspecified atom stereocenters. The number of aryl methyl sites for hydroxylation is 1. The number of nitrogens with two attached hydrogens (primary N) is 1. The maximum atomic E-state index is 8.52. The molecule has 0 heterocycles. The van der Waals surface area contributed by atoms with E-state index in [-0.39, 0.29) is 11.8 Å². The van der Waals surface area contributed by atoms with Crippen molar-refractivity contribution in [2.45, 2.75) is 13.8 Å². The molecular formula is C11H16BrN3O. The molecule has 1 rings (SSSR count). The number of nitrogens with one attached hydrogen (secondary N) is 1. The molecule has 16 heavy (non-hydrogen) atoms. The van der Waals surface area contributed by atoms with Crippen molar-refractivity contribution in [3.8, 4) is 0 Å². The van der Waals surface area contributed by atoms with Crippen LogP contribution in [0.2, 0.25) is 0 Å². The minimum Gasteiger partial charge on any atom is -0.409 e. The van der Waals surface area contributed by atoms with Crippen LogP contribution in [0.5, 0.6) is 0 Å². The van der Waals surface area contributed by atoms with Crippen LogP contribution in [0.3, 0.4) is 0 Å². The Morgan fingerprint density at radius 2 is 2.31 bits per heavy atom. The fourth-order valence-corrected chi connectivity index (χ4v) is 1.86. The zero-order valence-electron chi connectivity index (χ0n) is 9.37. The standard InChI is InChI=1S/C11H16BrN3O/c1-7-3-4-10(9(12)5-7)14-6-8(2)11(13)15-16/h3-5,8,14,16H,6H2,1-2H3,(H2,13,15). The van der Waals surface area contributed by atoms with Crippen LogP contribution in [0.4, 0.5) is 5.69 Å². The average Bonchev–Trinajstić information content (AvgIpc) is 2.26. The summed E-state index contributed by atoms with van der Waals surface area (Å²) in [5.41, 5.74) is 7.69. The van der Waals surface area contributed by atoms with Gasteiger partial charge in [0.25, 0.3) is 0 Å². The van der Waals surface area contributed by atoms with Gasteiger partial charge in [-0.3, -0.25) is 0 Å². The van der Waals surface area contributed by atoms with E-state index < -0.39 is 0 Å². The Balaban J connectivity index is 2.61. The Kier molecular flexibility index (Phi) is 4.61. The van der Waals surface area contributed by atoms with Gasteiger partial charge >= 0.3 is 0 Å². The van der Waals surface area contributed by atoms with Crippen molar-refractivity contribution in [3.63, 3.8) is 0 Å². The SMILES string of the molecule is Cc1ccc(NCC(C)C(N)=NO)c(Br)c1. The molecule has 0 saturated heterocycles. The van der Waals surface area contributed by atoms with Crippen molar-refractivity contribution in [2.75, 3.05) is 11.9 Å². The van der Waals surface area contributed by atoms with Crippen molar-refractivity contribution in [1.29, 1.82) is 0 Å². The van der Waals surface area contributed by atoms with Gasteiger partial charge in [0, 0.05) is 22.6 Å². The summed E-state index contributed by atoms with van der Waals surface area (Å²) in [6.07, 6.45) is 0. The number of oxime groups is 1. The van der Waals surface area contributed by atoms with Crippen LogP contribution in [-0.2, 0) is 0 Å². The number of nitrogens with zero attached hydrogens (tertiary/aromatic N) is 1. The Bertz CT molecular complexity index is 393. The maximum absolute atomic E-state index is 8.52. The molecule has 0 aliphatic rings. The number of halogens is 1. The normalized spacial score (nSPS) is 13.6. The summed E-state index contributed by atoms with van der Waals surface area (Å²) in [5, 5.41) is 14.7. The van der Waals surface area contributed by atoms with Gasteiger partial charge in [-0.05, 0) is 40.5 Å². The molecule has 1 atom stereocenters. The molecule has 1 aromatic rings. The van der Waals surface area contributed by atoms with E-state index in [9.17, 15) is 0 Å². The minimum absolute atomic E-state index is 0.0156. The number of hydrogen-bond acceptors (Lipinski definition) is 3. The van der Waals surface area contributed by atoms with Crippen LogP contribution < -0.4 is 11.1 Å². The molecule has 0 amide bonds. The summed E-state index contributed by atoms with van der Waals surface area (Å²) < 4.78 is 1.01. The molecule has 4 N–H and O–H groups in total. The first kappa shape index (κ1) is 12.8. The lowest BCUT2D eigenvalue weighted by Gasteiger charge is -2.13. The topological polar surface area (TPSA) is 70.6 Å². The van der Waals surface area contributed by atoms with Gasteiger partial charge in [-0.2, -0.15) is 0 Å². The predicted octanol–water partition coefficient (Wildman–Crippen LogP) is 2.55. The fourth-order valence-electron chi connectivity index (χ4n) is 1.23. The number of benzene rings is 1. The summed E-state index contributed by atoms with van der Waals surface area (Å²) >= 11 is 3.48. The molecule has 0 bridgehead atoms. The first-order valence-corrected chi connectivity index (χ1v) is 5.81. The number of anilines is 1. The third kappa shape index (κ3) is 3.41. The molecule has 4 nitrogen and oxygen atoms in total. The summed E-state index contributed by atoms with van der Waals surface area (Å²) in [7, 11) is 0. The van der Waals surface area contributed by atoms with Crippen molar-refractivity contribution >= 4 is 27.5 Å². The predicted molar refractivity (Wildman–Crippen MR) is 69.9 cm³/mol. The monoisotopic (exact) mass is 285 g/mol. The molecule has 0 saturated carbocycles. The first-order chi connectivity index (χ1) is 7.54. The average molecular weight is 286 g/mol. The van der Waals surface area contributed by atoms with E-state index in [2.05, 4.69) is 26.4 Å². The van der Waals surface area contributed by atoms with Gasteiger partial charge in [0.05, 0.1) is 0 Å². The second-order valence-electron chi connectivity index (χ2n) is 3.79.